The van der Waals surface area contributed by atoms with Gasteiger partial charge >= 0.3 is 0 Å². The third-order valence-electron chi connectivity index (χ3n) is 6.06. The molecule has 0 saturated carbocycles. The second-order valence-corrected chi connectivity index (χ2v) is 8.27. The number of carbonyl (C=O) groups excluding carboxylic acids is 3. The molecule has 3 atom stereocenters. The Bertz CT molecular complexity index is 579. The average Bonchev–Trinajstić information content (AvgIpc) is 3.20. The van der Waals surface area contributed by atoms with E-state index in [4.69, 9.17) is 5.73 Å². The summed E-state index contributed by atoms with van der Waals surface area (Å²) in [6.07, 6.45) is 4.76. The van der Waals surface area contributed by atoms with Crippen LogP contribution in [-0.2, 0) is 14.4 Å². The molecule has 0 bridgehead atoms. The summed E-state index contributed by atoms with van der Waals surface area (Å²) >= 11 is 0. The van der Waals surface area contributed by atoms with Gasteiger partial charge in [0.15, 0.2) is 0 Å². The molecule has 3 aliphatic heterocycles. The lowest BCUT2D eigenvalue weighted by Gasteiger charge is -2.49. The van der Waals surface area contributed by atoms with E-state index >= 15 is 0 Å². The van der Waals surface area contributed by atoms with Crippen molar-refractivity contribution >= 4 is 30.1 Å². The van der Waals surface area contributed by atoms with Gasteiger partial charge in [-0.05, 0) is 57.4 Å². The molecule has 0 radical (unpaired) electrons. The highest BCUT2D eigenvalue weighted by atomic mass is 35.5. The van der Waals surface area contributed by atoms with E-state index < -0.39 is 17.0 Å². The number of amides is 3. The summed E-state index contributed by atoms with van der Waals surface area (Å²) in [4.78, 5) is 39.9. The van der Waals surface area contributed by atoms with Crippen molar-refractivity contribution in [3.63, 3.8) is 0 Å². The van der Waals surface area contributed by atoms with Crippen LogP contribution in [0, 0.1) is 5.92 Å². The van der Waals surface area contributed by atoms with Gasteiger partial charge in [0.1, 0.15) is 11.1 Å². The molecule has 26 heavy (non-hydrogen) atoms. The van der Waals surface area contributed by atoms with Crippen LogP contribution < -0.4 is 16.4 Å². The highest BCUT2D eigenvalue weighted by Gasteiger charge is 2.59. The zero-order valence-electron chi connectivity index (χ0n) is 15.7. The van der Waals surface area contributed by atoms with Crippen LogP contribution in [-0.4, -0.2) is 52.8 Å². The molecule has 3 heterocycles. The minimum absolute atomic E-state index is 0. The highest BCUT2D eigenvalue weighted by molar-refractivity contribution is 5.99. The lowest BCUT2D eigenvalue weighted by Crippen LogP contribution is -2.71. The van der Waals surface area contributed by atoms with Crippen LogP contribution in [0.4, 0.5) is 0 Å². The van der Waals surface area contributed by atoms with Gasteiger partial charge < -0.3 is 21.3 Å². The van der Waals surface area contributed by atoms with Crippen LogP contribution in [0.25, 0.3) is 0 Å². The molecule has 3 rings (SSSR count). The molecule has 0 unspecified atom stereocenters. The van der Waals surface area contributed by atoms with Gasteiger partial charge in [-0.25, -0.2) is 0 Å². The number of nitrogens with one attached hydrogen (secondary N) is 2. The fourth-order valence-electron chi connectivity index (χ4n) is 4.88. The minimum Gasteiger partial charge on any atom is -0.368 e. The van der Waals surface area contributed by atoms with Crippen LogP contribution in [0.15, 0.2) is 0 Å². The number of nitrogens with two attached hydrogens (primary N) is 1. The molecule has 0 aromatic carbocycles. The number of piperidine rings is 1. The summed E-state index contributed by atoms with van der Waals surface area (Å²) < 4.78 is 0. The average molecular weight is 387 g/mol. The second-order valence-electron chi connectivity index (χ2n) is 8.27. The zero-order chi connectivity index (χ0) is 18.2. The van der Waals surface area contributed by atoms with E-state index in [-0.39, 0.29) is 36.2 Å². The van der Waals surface area contributed by atoms with E-state index in [2.05, 4.69) is 24.5 Å². The number of primary amides is 1. The Morgan fingerprint density at radius 1 is 1.31 bits per heavy atom. The summed E-state index contributed by atoms with van der Waals surface area (Å²) in [6, 6.07) is -0.224. The van der Waals surface area contributed by atoms with Crippen molar-refractivity contribution < 1.29 is 14.4 Å². The number of fused-ring (bicyclic) bond motifs is 1. The number of nitrogens with zero attached hydrogens (tertiary/aromatic N) is 1. The predicted molar refractivity (Wildman–Crippen MR) is 101 cm³/mol. The molecule has 0 spiro atoms. The van der Waals surface area contributed by atoms with Gasteiger partial charge in [-0.3, -0.25) is 14.4 Å². The van der Waals surface area contributed by atoms with E-state index in [1.807, 2.05) is 0 Å². The minimum atomic E-state index is -0.918. The number of halogens is 1. The summed E-state index contributed by atoms with van der Waals surface area (Å²) in [5.74, 6) is -0.392. The van der Waals surface area contributed by atoms with Crippen molar-refractivity contribution in [1.29, 1.82) is 0 Å². The van der Waals surface area contributed by atoms with Gasteiger partial charge in [0, 0.05) is 6.54 Å². The Labute approximate surface area is 161 Å². The standard InChI is InChI=1S/C18H30N4O3.ClH/c1-12(2)11-17(21-14(23)13-5-3-9-20-13)7-8-18(15(19)24)6-4-10-22(18)16(17)25;/h12-13,20H,3-11H2,1-2H3,(H2,19,24)(H,21,23);1H/t13-,17-,18+;/m0./s1. The van der Waals surface area contributed by atoms with Crippen LogP contribution in [0.1, 0.15) is 58.8 Å². The Morgan fingerprint density at radius 2 is 2.04 bits per heavy atom. The Hall–Kier alpha value is -1.34. The van der Waals surface area contributed by atoms with Crippen LogP contribution >= 0.6 is 12.4 Å². The topological polar surface area (TPSA) is 105 Å². The molecule has 3 saturated heterocycles. The lowest BCUT2D eigenvalue weighted by atomic mass is 9.73. The van der Waals surface area contributed by atoms with E-state index in [0.29, 0.717) is 32.2 Å². The zero-order valence-corrected chi connectivity index (χ0v) is 16.5. The fourth-order valence-corrected chi connectivity index (χ4v) is 4.88. The molecule has 0 aromatic heterocycles. The fraction of sp³-hybridized carbons (Fsp3) is 0.833. The molecular formula is C18H31ClN4O3. The van der Waals surface area contributed by atoms with Gasteiger partial charge in [0.05, 0.1) is 6.04 Å². The maximum Gasteiger partial charge on any atom is 0.249 e. The monoisotopic (exact) mass is 386 g/mol. The van der Waals surface area contributed by atoms with E-state index in [9.17, 15) is 14.4 Å². The molecule has 0 aliphatic carbocycles. The first-order chi connectivity index (χ1) is 11.8. The van der Waals surface area contributed by atoms with Crippen molar-refractivity contribution in [2.24, 2.45) is 11.7 Å². The maximum atomic E-state index is 13.4. The van der Waals surface area contributed by atoms with Gasteiger partial charge in [-0.1, -0.05) is 13.8 Å². The van der Waals surface area contributed by atoms with E-state index in [0.717, 1.165) is 25.8 Å². The normalized spacial score (nSPS) is 33.7. The summed E-state index contributed by atoms with van der Waals surface area (Å²) in [5, 5.41) is 6.27. The molecular weight excluding hydrogens is 356 g/mol. The number of rotatable bonds is 5. The lowest BCUT2D eigenvalue weighted by molar-refractivity contribution is -0.157. The molecule has 4 N–H and O–H groups in total. The molecule has 7 nitrogen and oxygen atoms in total. The van der Waals surface area contributed by atoms with Gasteiger partial charge in [-0.15, -0.1) is 12.4 Å². The maximum absolute atomic E-state index is 13.4. The van der Waals surface area contributed by atoms with Crippen LogP contribution in [0.5, 0.6) is 0 Å². The molecule has 0 aromatic rings. The molecule has 3 aliphatic rings. The number of carbonyl (C=O) groups is 3. The van der Waals surface area contributed by atoms with Gasteiger partial charge in [0.2, 0.25) is 17.7 Å². The summed E-state index contributed by atoms with van der Waals surface area (Å²) in [7, 11) is 0. The Morgan fingerprint density at radius 3 is 2.62 bits per heavy atom. The quantitative estimate of drug-likeness (QED) is 0.646. The van der Waals surface area contributed by atoms with Crippen molar-refractivity contribution in [3.8, 4) is 0 Å². The number of hydrogen-bond donors (Lipinski definition) is 3. The van der Waals surface area contributed by atoms with E-state index in [1.165, 1.54) is 0 Å². The first-order valence-electron chi connectivity index (χ1n) is 9.48. The van der Waals surface area contributed by atoms with Crippen molar-refractivity contribution in [2.45, 2.75) is 75.9 Å². The Kier molecular flexibility index (Phi) is 6.23. The first kappa shape index (κ1) is 21.0. The Balaban J connectivity index is 0.00000243. The molecule has 3 amide bonds. The summed E-state index contributed by atoms with van der Waals surface area (Å²) in [6.45, 7) is 5.48. The number of hydrogen-bond acceptors (Lipinski definition) is 4. The third kappa shape index (κ3) is 3.43. The van der Waals surface area contributed by atoms with Crippen molar-refractivity contribution in [2.75, 3.05) is 13.1 Å². The first-order valence-corrected chi connectivity index (χ1v) is 9.48. The second kappa shape index (κ2) is 7.72. The molecule has 3 fully saturated rings. The van der Waals surface area contributed by atoms with Crippen molar-refractivity contribution in [3.05, 3.63) is 0 Å². The summed E-state index contributed by atoms with van der Waals surface area (Å²) in [5.41, 5.74) is 3.89. The molecule has 148 valence electrons. The van der Waals surface area contributed by atoms with Crippen LogP contribution in [0.3, 0.4) is 0 Å². The van der Waals surface area contributed by atoms with Gasteiger partial charge in [-0.2, -0.15) is 0 Å². The largest absolute Gasteiger partial charge is 0.368 e. The van der Waals surface area contributed by atoms with Gasteiger partial charge in [0.25, 0.3) is 0 Å². The third-order valence-corrected chi connectivity index (χ3v) is 6.06. The highest BCUT2D eigenvalue weighted by Crippen LogP contribution is 2.43. The predicted octanol–water partition coefficient (Wildman–Crippen LogP) is 0.702. The SMILES string of the molecule is CC(C)C[C@@]1(NC(=O)[C@@H]2CCCN2)CC[C@@]2(C(N)=O)CCCN2C1=O.Cl. The van der Waals surface area contributed by atoms with Crippen LogP contribution in [0.2, 0.25) is 0 Å². The molecule has 8 heteroatoms. The smallest absolute Gasteiger partial charge is 0.249 e. The van der Waals surface area contributed by atoms with E-state index in [1.54, 1.807) is 4.90 Å². The van der Waals surface area contributed by atoms with Crippen molar-refractivity contribution in [1.82, 2.24) is 15.5 Å².